The van der Waals surface area contributed by atoms with E-state index in [0.29, 0.717) is 0 Å². The molecule has 0 spiro atoms. The quantitative estimate of drug-likeness (QED) is 0.392. The van der Waals surface area contributed by atoms with Gasteiger partial charge in [0.1, 0.15) is 5.70 Å². The number of hydrogen-bond donors (Lipinski definition) is 2. The van der Waals surface area contributed by atoms with E-state index < -0.39 is 11.9 Å². The maximum atomic E-state index is 11.7. The monoisotopic (exact) mass is 241 g/mol. The van der Waals surface area contributed by atoms with Crippen molar-refractivity contribution in [1.82, 2.24) is 15.8 Å². The van der Waals surface area contributed by atoms with Crippen molar-refractivity contribution in [2.45, 2.75) is 0 Å². The van der Waals surface area contributed by atoms with Gasteiger partial charge in [-0.15, -0.1) is 6.58 Å². The Morgan fingerprint density at radius 2 is 2.38 bits per heavy atom. The average Bonchev–Trinajstić information content (AvgIpc) is 2.41. The van der Waals surface area contributed by atoms with Crippen LogP contribution >= 0.6 is 12.2 Å². The van der Waals surface area contributed by atoms with Crippen LogP contribution in [0.2, 0.25) is 0 Å². The first kappa shape index (κ1) is 12.2. The standard InChI is InChI=1S/C9H11N3O3S/c1-3-4-12-7(13)5-6(8(14)15-2)10-11-9(12)16/h3,5,10H,1,4H2,2H3,(H,11,16). The summed E-state index contributed by atoms with van der Waals surface area (Å²) in [6.45, 7) is 3.77. The van der Waals surface area contributed by atoms with Crippen LogP contribution in [0.1, 0.15) is 0 Å². The third kappa shape index (κ3) is 2.57. The fourth-order valence-corrected chi connectivity index (χ4v) is 1.26. The number of amides is 1. The van der Waals surface area contributed by atoms with E-state index >= 15 is 0 Å². The second-order valence-electron chi connectivity index (χ2n) is 2.84. The first-order valence-electron chi connectivity index (χ1n) is 4.38. The molecule has 0 saturated carbocycles. The number of carbonyl (C=O) groups excluding carboxylic acids is 2. The lowest BCUT2D eigenvalue weighted by Gasteiger charge is -2.18. The molecular weight excluding hydrogens is 230 g/mol. The van der Waals surface area contributed by atoms with Crippen LogP contribution in [0.25, 0.3) is 0 Å². The molecule has 0 atom stereocenters. The van der Waals surface area contributed by atoms with Crippen molar-refractivity contribution >= 4 is 29.2 Å². The molecule has 1 amide bonds. The van der Waals surface area contributed by atoms with Gasteiger partial charge in [0.25, 0.3) is 5.91 Å². The predicted molar refractivity (Wildman–Crippen MR) is 60.9 cm³/mol. The van der Waals surface area contributed by atoms with Gasteiger partial charge in [-0.25, -0.2) is 4.79 Å². The molecule has 6 nitrogen and oxygen atoms in total. The van der Waals surface area contributed by atoms with E-state index in [1.54, 1.807) is 0 Å². The average molecular weight is 241 g/mol. The maximum absolute atomic E-state index is 11.7. The van der Waals surface area contributed by atoms with E-state index in [1.807, 2.05) is 0 Å². The molecule has 0 aliphatic carbocycles. The van der Waals surface area contributed by atoms with Gasteiger partial charge in [-0.3, -0.25) is 20.5 Å². The Hall–Kier alpha value is -1.89. The molecule has 2 N–H and O–H groups in total. The summed E-state index contributed by atoms with van der Waals surface area (Å²) in [5.74, 6) is -1.06. The van der Waals surface area contributed by atoms with Gasteiger partial charge >= 0.3 is 5.97 Å². The highest BCUT2D eigenvalue weighted by Gasteiger charge is 2.22. The van der Waals surface area contributed by atoms with Crippen molar-refractivity contribution in [3.8, 4) is 0 Å². The van der Waals surface area contributed by atoms with Crippen molar-refractivity contribution in [1.29, 1.82) is 0 Å². The Morgan fingerprint density at radius 3 is 2.94 bits per heavy atom. The summed E-state index contributed by atoms with van der Waals surface area (Å²) >= 11 is 4.93. The van der Waals surface area contributed by atoms with E-state index in [4.69, 9.17) is 12.2 Å². The van der Waals surface area contributed by atoms with Crippen LogP contribution in [-0.2, 0) is 14.3 Å². The molecule has 0 aromatic rings. The van der Waals surface area contributed by atoms with E-state index in [0.717, 1.165) is 6.08 Å². The highest BCUT2D eigenvalue weighted by Crippen LogP contribution is 2.02. The molecule has 1 rings (SSSR count). The minimum atomic E-state index is -0.649. The second-order valence-corrected chi connectivity index (χ2v) is 3.23. The molecule has 1 aliphatic rings. The Kier molecular flexibility index (Phi) is 4.01. The van der Waals surface area contributed by atoms with Gasteiger partial charge in [0, 0.05) is 12.6 Å². The van der Waals surface area contributed by atoms with Crippen molar-refractivity contribution in [2.75, 3.05) is 13.7 Å². The predicted octanol–water partition coefficient (Wildman–Crippen LogP) is -0.549. The summed E-state index contributed by atoms with van der Waals surface area (Å²) in [5.41, 5.74) is 5.05. The van der Waals surface area contributed by atoms with Crippen LogP contribution in [0.15, 0.2) is 24.4 Å². The van der Waals surface area contributed by atoms with Gasteiger partial charge in [0.15, 0.2) is 5.11 Å². The molecular formula is C9H11N3O3S. The number of methoxy groups -OCH3 is 1. The highest BCUT2D eigenvalue weighted by molar-refractivity contribution is 7.80. The van der Waals surface area contributed by atoms with Gasteiger partial charge in [-0.05, 0) is 12.2 Å². The van der Waals surface area contributed by atoms with Crippen LogP contribution in [0.5, 0.6) is 0 Å². The van der Waals surface area contributed by atoms with E-state index in [1.165, 1.54) is 18.1 Å². The smallest absolute Gasteiger partial charge is 0.356 e. The minimum Gasteiger partial charge on any atom is -0.464 e. The molecule has 0 saturated heterocycles. The largest absolute Gasteiger partial charge is 0.464 e. The molecule has 1 heterocycles. The molecule has 1 aliphatic heterocycles. The summed E-state index contributed by atoms with van der Waals surface area (Å²) < 4.78 is 4.48. The number of nitrogens with zero attached hydrogens (tertiary/aromatic N) is 1. The lowest BCUT2D eigenvalue weighted by Crippen LogP contribution is -2.45. The Bertz CT molecular complexity index is 378. The molecule has 16 heavy (non-hydrogen) atoms. The SMILES string of the molecule is C=CCN1C(=O)C=C(C(=O)OC)NNC1=S. The number of esters is 1. The lowest BCUT2D eigenvalue weighted by molar-refractivity contribution is -0.137. The van der Waals surface area contributed by atoms with Crippen LogP contribution in [-0.4, -0.2) is 35.5 Å². The number of ether oxygens (including phenoxy) is 1. The second kappa shape index (κ2) is 5.26. The third-order valence-corrected chi connectivity index (χ3v) is 2.12. The van der Waals surface area contributed by atoms with Crippen LogP contribution in [0, 0.1) is 0 Å². The molecule has 86 valence electrons. The zero-order valence-electron chi connectivity index (χ0n) is 8.65. The summed E-state index contributed by atoms with van der Waals surface area (Å²) in [4.78, 5) is 24.1. The first-order valence-corrected chi connectivity index (χ1v) is 4.79. The van der Waals surface area contributed by atoms with E-state index in [-0.39, 0.29) is 17.4 Å². The fourth-order valence-electron chi connectivity index (χ4n) is 1.05. The van der Waals surface area contributed by atoms with Gasteiger partial charge < -0.3 is 4.74 Å². The number of hydrogen-bond acceptors (Lipinski definition) is 5. The van der Waals surface area contributed by atoms with Crippen molar-refractivity contribution in [3.05, 3.63) is 24.4 Å². The zero-order chi connectivity index (χ0) is 12.1. The highest BCUT2D eigenvalue weighted by atomic mass is 32.1. The topological polar surface area (TPSA) is 70.7 Å². The molecule has 0 unspecified atom stereocenters. The zero-order valence-corrected chi connectivity index (χ0v) is 9.47. The summed E-state index contributed by atoms with van der Waals surface area (Å²) in [6, 6.07) is 0. The number of hydrazine groups is 1. The molecule has 0 aromatic carbocycles. The summed E-state index contributed by atoms with van der Waals surface area (Å²) in [6.07, 6.45) is 2.64. The van der Waals surface area contributed by atoms with E-state index in [2.05, 4.69) is 22.2 Å². The Labute approximate surface area is 97.9 Å². The van der Waals surface area contributed by atoms with Crippen LogP contribution in [0.4, 0.5) is 0 Å². The number of nitrogens with one attached hydrogen (secondary N) is 2. The first-order chi connectivity index (χ1) is 7.60. The molecule has 0 aromatic heterocycles. The van der Waals surface area contributed by atoms with Crippen LogP contribution < -0.4 is 10.9 Å². The van der Waals surface area contributed by atoms with Gasteiger partial charge in [0.2, 0.25) is 0 Å². The number of thiocarbonyl (C=S) groups is 1. The maximum Gasteiger partial charge on any atom is 0.356 e. The van der Waals surface area contributed by atoms with Crippen molar-refractivity contribution in [2.24, 2.45) is 0 Å². The van der Waals surface area contributed by atoms with E-state index in [9.17, 15) is 9.59 Å². The normalized spacial score (nSPS) is 15.6. The lowest BCUT2D eigenvalue weighted by atomic mass is 10.3. The third-order valence-electron chi connectivity index (χ3n) is 1.80. The summed E-state index contributed by atoms with van der Waals surface area (Å²) in [5, 5.41) is 0.167. The van der Waals surface area contributed by atoms with Gasteiger partial charge in [0.05, 0.1) is 7.11 Å². The Morgan fingerprint density at radius 1 is 1.69 bits per heavy atom. The van der Waals surface area contributed by atoms with Crippen molar-refractivity contribution in [3.63, 3.8) is 0 Å². The number of carbonyl (C=O) groups is 2. The number of rotatable bonds is 3. The Balaban J connectivity index is 2.93. The molecule has 7 heteroatoms. The van der Waals surface area contributed by atoms with Gasteiger partial charge in [-0.2, -0.15) is 0 Å². The fraction of sp³-hybridized carbons (Fsp3) is 0.222. The van der Waals surface area contributed by atoms with Crippen molar-refractivity contribution < 1.29 is 14.3 Å². The minimum absolute atomic E-state index is 0.00131. The molecule has 0 radical (unpaired) electrons. The molecule has 0 fully saturated rings. The van der Waals surface area contributed by atoms with Gasteiger partial charge in [-0.1, -0.05) is 6.08 Å². The summed E-state index contributed by atoms with van der Waals surface area (Å²) in [7, 11) is 1.22. The van der Waals surface area contributed by atoms with Crippen LogP contribution in [0.3, 0.4) is 0 Å². The molecule has 0 bridgehead atoms.